The van der Waals surface area contributed by atoms with Crippen molar-refractivity contribution in [1.82, 2.24) is 9.55 Å². The van der Waals surface area contributed by atoms with E-state index in [0.29, 0.717) is 11.1 Å². The molecule has 0 amide bonds. The van der Waals surface area contributed by atoms with Gasteiger partial charge in [0.2, 0.25) is 0 Å². The zero-order valence-electron chi connectivity index (χ0n) is 22.4. The average Bonchev–Trinajstić information content (AvgIpc) is 3.59. The maximum Gasteiger partial charge on any atom is 0.149 e. The lowest BCUT2D eigenvalue weighted by atomic mass is 9.88. The topological polar surface area (TPSA) is 44.1 Å². The van der Waals surface area contributed by atoms with Gasteiger partial charge in [0.05, 0.1) is 22.3 Å². The van der Waals surface area contributed by atoms with Crippen molar-refractivity contribution >= 4 is 43.9 Å². The van der Waals surface area contributed by atoms with Crippen LogP contribution in [0.5, 0.6) is 0 Å². The van der Waals surface area contributed by atoms with Crippen molar-refractivity contribution in [1.29, 1.82) is 0 Å². The lowest BCUT2D eigenvalue weighted by Gasteiger charge is -2.18. The van der Waals surface area contributed by atoms with E-state index < -0.39 is 11.8 Å². The van der Waals surface area contributed by atoms with E-state index in [1.54, 1.807) is 6.26 Å². The van der Waals surface area contributed by atoms with Gasteiger partial charge in [0.25, 0.3) is 0 Å². The van der Waals surface area contributed by atoms with E-state index in [1.165, 1.54) is 0 Å². The van der Waals surface area contributed by atoms with E-state index in [2.05, 4.69) is 34.9 Å². The van der Waals surface area contributed by atoms with E-state index in [0.717, 1.165) is 55.4 Å². The van der Waals surface area contributed by atoms with E-state index >= 15 is 0 Å². The van der Waals surface area contributed by atoms with E-state index in [9.17, 15) is 0 Å². The first-order valence-electron chi connectivity index (χ1n) is 13.1. The molecule has 0 atom stereocenters. The van der Waals surface area contributed by atoms with Gasteiger partial charge in [-0.25, -0.2) is 4.98 Å². The molecule has 4 nitrogen and oxygen atoms in total. The Kier molecular flexibility index (Phi) is 4.00. The van der Waals surface area contributed by atoms with Gasteiger partial charge in [0.1, 0.15) is 28.8 Å². The average molecular weight is 473 g/mol. The highest BCUT2D eigenvalue weighted by Crippen LogP contribution is 2.37. The number of rotatable bonds is 3. The number of imidazole rings is 1. The molecule has 3 heterocycles. The van der Waals surface area contributed by atoms with Crippen LogP contribution in [0.4, 0.5) is 0 Å². The van der Waals surface area contributed by atoms with E-state index in [1.807, 2.05) is 75.4 Å². The van der Waals surface area contributed by atoms with Crippen molar-refractivity contribution in [3.63, 3.8) is 0 Å². The van der Waals surface area contributed by atoms with Crippen molar-refractivity contribution in [3.05, 3.63) is 96.8 Å². The van der Waals surface area contributed by atoms with Crippen molar-refractivity contribution in [2.75, 3.05) is 0 Å². The number of fused-ring (bicyclic) bond motifs is 5. The molecule has 4 heteroatoms. The molecule has 0 saturated heterocycles. The highest BCUT2D eigenvalue weighted by Gasteiger charge is 2.20. The SMILES string of the molecule is [2H]C([2H])(c1ccc2occ(-c3nc4ccccc4n3-c3ccc4c(c3)oc3ccccc34)c2c1)C(C)(C)C. The van der Waals surface area contributed by atoms with Gasteiger partial charge >= 0.3 is 0 Å². The summed E-state index contributed by atoms with van der Waals surface area (Å²) in [7, 11) is 0. The van der Waals surface area contributed by atoms with Gasteiger partial charge in [0.15, 0.2) is 0 Å². The third-order valence-electron chi connectivity index (χ3n) is 6.52. The summed E-state index contributed by atoms with van der Waals surface area (Å²) in [6.07, 6.45) is 0.195. The number of hydrogen-bond acceptors (Lipinski definition) is 3. The third kappa shape index (κ3) is 3.33. The molecule has 36 heavy (non-hydrogen) atoms. The monoisotopic (exact) mass is 472 g/mol. The minimum Gasteiger partial charge on any atom is -0.464 e. The summed E-state index contributed by atoms with van der Waals surface area (Å²) < 4.78 is 31.9. The lowest BCUT2D eigenvalue weighted by Crippen LogP contribution is -2.08. The largest absolute Gasteiger partial charge is 0.464 e. The number of benzene rings is 4. The number of aromatic nitrogens is 2. The number of nitrogens with zero attached hydrogens (tertiary/aromatic N) is 2. The Labute approximate surface area is 211 Å². The first-order chi connectivity index (χ1) is 18.2. The second kappa shape index (κ2) is 7.59. The van der Waals surface area contributed by atoms with Gasteiger partial charge in [-0.1, -0.05) is 57.2 Å². The Bertz CT molecular complexity index is 2000. The molecule has 0 fully saturated rings. The Morgan fingerprint density at radius 2 is 1.61 bits per heavy atom. The molecular weight excluding hydrogens is 444 g/mol. The van der Waals surface area contributed by atoms with E-state index in [-0.39, 0.29) is 0 Å². The molecule has 3 aromatic heterocycles. The molecule has 0 saturated carbocycles. The van der Waals surface area contributed by atoms with Crippen LogP contribution in [0.3, 0.4) is 0 Å². The summed E-state index contributed by atoms with van der Waals surface area (Å²) >= 11 is 0. The molecule has 0 spiro atoms. The third-order valence-corrected chi connectivity index (χ3v) is 6.52. The zero-order valence-corrected chi connectivity index (χ0v) is 20.4. The highest BCUT2D eigenvalue weighted by atomic mass is 16.3. The Balaban J connectivity index is 1.48. The fourth-order valence-electron chi connectivity index (χ4n) is 5.03. The van der Waals surface area contributed by atoms with Crippen molar-refractivity contribution in [3.8, 4) is 17.1 Å². The van der Waals surface area contributed by atoms with Gasteiger partial charge in [-0.3, -0.25) is 4.57 Å². The smallest absolute Gasteiger partial charge is 0.149 e. The molecule has 0 aliphatic heterocycles. The van der Waals surface area contributed by atoms with Gasteiger partial charge < -0.3 is 8.83 Å². The zero-order chi connectivity index (χ0) is 26.2. The van der Waals surface area contributed by atoms with Crippen LogP contribution < -0.4 is 0 Å². The lowest BCUT2D eigenvalue weighted by molar-refractivity contribution is 0.411. The molecule has 0 radical (unpaired) electrons. The van der Waals surface area contributed by atoms with Crippen LogP contribution >= 0.6 is 0 Å². The predicted molar refractivity (Wildman–Crippen MR) is 147 cm³/mol. The highest BCUT2D eigenvalue weighted by molar-refractivity contribution is 6.05. The molecule has 4 aromatic carbocycles. The van der Waals surface area contributed by atoms with Crippen LogP contribution in [-0.2, 0) is 6.37 Å². The van der Waals surface area contributed by atoms with Crippen molar-refractivity contribution in [2.24, 2.45) is 5.41 Å². The molecule has 0 unspecified atom stereocenters. The van der Waals surface area contributed by atoms with Gasteiger partial charge in [-0.2, -0.15) is 0 Å². The molecule has 0 aliphatic carbocycles. The second-order valence-corrected chi connectivity index (χ2v) is 10.3. The Morgan fingerprint density at radius 1 is 0.806 bits per heavy atom. The number of para-hydroxylation sites is 3. The molecule has 0 bridgehead atoms. The van der Waals surface area contributed by atoms with Crippen LogP contribution in [0.25, 0.3) is 61.0 Å². The van der Waals surface area contributed by atoms with Crippen LogP contribution in [-0.4, -0.2) is 9.55 Å². The van der Waals surface area contributed by atoms with Crippen molar-refractivity contribution < 1.29 is 11.6 Å². The second-order valence-electron chi connectivity index (χ2n) is 10.3. The van der Waals surface area contributed by atoms with Gasteiger partial charge in [-0.15, -0.1) is 0 Å². The standard InChI is InChI=1S/C32H26N2O2/c1-32(2,3)18-20-12-15-28-24(16-20)25(19-35-28)31-33-26-9-5-6-10-27(26)34(31)21-13-14-23-22-8-4-7-11-29(22)36-30(23)17-21/h4-17,19H,18H2,1-3H3/i18D2. The maximum atomic E-state index is 8.81. The van der Waals surface area contributed by atoms with Crippen LogP contribution in [0.1, 0.15) is 29.1 Å². The maximum absolute atomic E-state index is 8.81. The predicted octanol–water partition coefficient (Wildman–Crippen LogP) is 8.93. The fraction of sp³-hybridized carbons (Fsp3) is 0.156. The van der Waals surface area contributed by atoms with Crippen LogP contribution in [0.2, 0.25) is 0 Å². The fourth-order valence-corrected chi connectivity index (χ4v) is 5.03. The molecule has 176 valence electrons. The first kappa shape index (κ1) is 18.9. The minimum absolute atomic E-state index is 0.570. The summed E-state index contributed by atoms with van der Waals surface area (Å²) in [5.74, 6) is 0.730. The normalized spacial score (nSPS) is 13.6. The molecule has 7 rings (SSSR count). The summed E-state index contributed by atoms with van der Waals surface area (Å²) in [6, 6.07) is 27.9. The Hall–Kier alpha value is -4.31. The van der Waals surface area contributed by atoms with Crippen LogP contribution in [0.15, 0.2) is 100 Å². The van der Waals surface area contributed by atoms with E-state index in [4.69, 9.17) is 16.6 Å². The first-order valence-corrected chi connectivity index (χ1v) is 12.1. The Morgan fingerprint density at radius 3 is 2.50 bits per heavy atom. The summed E-state index contributed by atoms with van der Waals surface area (Å²) in [5, 5.41) is 2.99. The quantitative estimate of drug-likeness (QED) is 0.258. The number of hydrogen-bond donors (Lipinski definition) is 0. The van der Waals surface area contributed by atoms with Crippen molar-refractivity contribution in [2.45, 2.75) is 27.1 Å². The molecule has 0 N–H and O–H groups in total. The molecular formula is C32H26N2O2. The van der Waals surface area contributed by atoms with Gasteiger partial charge in [0, 0.05) is 25.0 Å². The van der Waals surface area contributed by atoms with Crippen LogP contribution in [0, 0.1) is 5.41 Å². The van der Waals surface area contributed by atoms with Gasteiger partial charge in [-0.05, 0) is 59.8 Å². The number of furan rings is 2. The molecule has 7 aromatic rings. The summed E-state index contributed by atoms with van der Waals surface area (Å²) in [4.78, 5) is 5.02. The summed E-state index contributed by atoms with van der Waals surface area (Å²) in [5.41, 5.74) is 5.98. The molecule has 0 aliphatic rings. The summed E-state index contributed by atoms with van der Waals surface area (Å²) in [6.45, 7) is 5.75. The minimum atomic E-state index is -1.53.